The molecule has 5 rings (SSSR count). The van der Waals surface area contributed by atoms with Crippen molar-refractivity contribution < 1.29 is 44.3 Å². The molecule has 0 fully saturated rings. The number of benzene rings is 2. The Labute approximate surface area is 268 Å². The summed E-state index contributed by atoms with van der Waals surface area (Å²) in [6.45, 7) is 12.3. The number of Topliss-reactive ketones (excluding diaryl/α,β-unsaturated/α-hetero) is 3. The fourth-order valence-electron chi connectivity index (χ4n) is 8.28. The maximum Gasteiger partial charge on any atom is 0.310 e. The molecule has 46 heavy (non-hydrogen) atoms. The van der Waals surface area contributed by atoms with Gasteiger partial charge in [0.1, 0.15) is 22.8 Å². The van der Waals surface area contributed by atoms with E-state index in [2.05, 4.69) is 0 Å². The third-order valence-electron chi connectivity index (χ3n) is 10.1. The van der Waals surface area contributed by atoms with E-state index in [1.54, 1.807) is 45.9 Å². The van der Waals surface area contributed by atoms with Gasteiger partial charge < -0.3 is 25.2 Å². The topological polar surface area (TPSA) is 158 Å². The first kappa shape index (κ1) is 33.1. The predicted molar refractivity (Wildman–Crippen MR) is 170 cm³/mol. The third kappa shape index (κ3) is 4.78. The quantitative estimate of drug-likeness (QED) is 0.221. The summed E-state index contributed by atoms with van der Waals surface area (Å²) in [5.41, 5.74) is -3.40. The number of allylic oxidation sites excluding steroid dienone is 2. The molecule has 9 heteroatoms. The molecule has 3 aliphatic carbocycles. The van der Waals surface area contributed by atoms with Crippen molar-refractivity contribution in [2.75, 3.05) is 6.61 Å². The summed E-state index contributed by atoms with van der Waals surface area (Å²) in [5, 5.41) is 46.3. The Morgan fingerprint density at radius 2 is 1.61 bits per heavy atom. The lowest BCUT2D eigenvalue weighted by molar-refractivity contribution is -0.171. The van der Waals surface area contributed by atoms with Gasteiger partial charge in [0.2, 0.25) is 5.78 Å². The number of ketones is 3. The second-order valence-corrected chi connectivity index (χ2v) is 14.4. The standard InChI is InChI=1S/C37H42O9/c1-18(2)16-46-26(40)14-21-8-10-22(11-9-21)23-12-13-25(39)28-24(23)15-35(6)17-36(7)29(19(3)4)31(41)27(20(5)38)33(43)37(36,45)34(44)30(35)32(28)42/h8-13,18-19,29,39,41,44-45H,14-17H2,1-7H3/t29?,35-,36-,37+/m1/s1. The van der Waals surface area contributed by atoms with Gasteiger partial charge in [0.25, 0.3) is 0 Å². The second-order valence-electron chi connectivity index (χ2n) is 14.4. The number of hydrogen-bond acceptors (Lipinski definition) is 9. The highest BCUT2D eigenvalue weighted by Crippen LogP contribution is 2.65. The van der Waals surface area contributed by atoms with Crippen LogP contribution in [-0.4, -0.2) is 56.0 Å². The number of rotatable bonds is 7. The van der Waals surface area contributed by atoms with Crippen LogP contribution in [-0.2, 0) is 32.0 Å². The molecule has 2 aromatic carbocycles. The average Bonchev–Trinajstić information content (AvgIpc) is 2.94. The maximum absolute atomic E-state index is 14.3. The zero-order chi connectivity index (χ0) is 34.1. The molecule has 0 spiro atoms. The largest absolute Gasteiger partial charge is 0.511 e. The van der Waals surface area contributed by atoms with Gasteiger partial charge in [-0.1, -0.05) is 71.9 Å². The molecule has 2 aromatic rings. The highest BCUT2D eigenvalue weighted by Gasteiger charge is 2.71. The fraction of sp³-hybridized carbons (Fsp3) is 0.459. The van der Waals surface area contributed by atoms with Crippen LogP contribution in [0.4, 0.5) is 0 Å². The Hall–Kier alpha value is -4.24. The highest BCUT2D eigenvalue weighted by atomic mass is 16.5. The third-order valence-corrected chi connectivity index (χ3v) is 10.1. The van der Waals surface area contributed by atoms with Gasteiger partial charge in [0, 0.05) is 22.3 Å². The summed E-state index contributed by atoms with van der Waals surface area (Å²) in [5.74, 6) is -5.56. The van der Waals surface area contributed by atoms with Crippen LogP contribution in [0.1, 0.15) is 76.4 Å². The van der Waals surface area contributed by atoms with Gasteiger partial charge >= 0.3 is 5.97 Å². The lowest BCUT2D eigenvalue weighted by Crippen LogP contribution is -2.67. The van der Waals surface area contributed by atoms with Gasteiger partial charge in [0.15, 0.2) is 17.2 Å². The molecule has 1 unspecified atom stereocenters. The van der Waals surface area contributed by atoms with E-state index < -0.39 is 56.8 Å². The van der Waals surface area contributed by atoms with Crippen LogP contribution in [0.3, 0.4) is 0 Å². The first-order valence-corrected chi connectivity index (χ1v) is 15.7. The molecule has 3 aliphatic rings. The predicted octanol–water partition coefficient (Wildman–Crippen LogP) is 5.76. The van der Waals surface area contributed by atoms with Crippen molar-refractivity contribution in [1.29, 1.82) is 0 Å². The molecule has 244 valence electrons. The Morgan fingerprint density at radius 1 is 0.978 bits per heavy atom. The molecular formula is C37H42O9. The van der Waals surface area contributed by atoms with Gasteiger partial charge in [-0.15, -0.1) is 0 Å². The van der Waals surface area contributed by atoms with Crippen LogP contribution in [0.25, 0.3) is 11.1 Å². The van der Waals surface area contributed by atoms with E-state index in [1.807, 2.05) is 26.0 Å². The Bertz CT molecular complexity index is 1730. The van der Waals surface area contributed by atoms with Gasteiger partial charge in [-0.3, -0.25) is 19.2 Å². The number of aromatic hydroxyl groups is 1. The number of ether oxygens (including phenoxy) is 1. The van der Waals surface area contributed by atoms with Gasteiger partial charge in [0.05, 0.1) is 18.6 Å². The lowest BCUT2D eigenvalue weighted by Gasteiger charge is -2.59. The average molecular weight is 631 g/mol. The first-order valence-electron chi connectivity index (χ1n) is 15.7. The van der Waals surface area contributed by atoms with Crippen LogP contribution in [0, 0.1) is 28.6 Å². The summed E-state index contributed by atoms with van der Waals surface area (Å²) in [7, 11) is 0. The zero-order valence-electron chi connectivity index (χ0n) is 27.4. The molecular weight excluding hydrogens is 588 g/mol. The van der Waals surface area contributed by atoms with Crippen molar-refractivity contribution in [3.8, 4) is 16.9 Å². The van der Waals surface area contributed by atoms with Crippen LogP contribution in [0.5, 0.6) is 5.75 Å². The van der Waals surface area contributed by atoms with E-state index in [0.717, 1.165) is 18.1 Å². The summed E-state index contributed by atoms with van der Waals surface area (Å²) in [4.78, 5) is 53.0. The summed E-state index contributed by atoms with van der Waals surface area (Å²) >= 11 is 0. The minimum absolute atomic E-state index is 0.0113. The minimum Gasteiger partial charge on any atom is -0.511 e. The molecule has 0 heterocycles. The number of carbonyl (C=O) groups excluding carboxylic acids is 4. The van der Waals surface area contributed by atoms with Gasteiger partial charge in [-0.2, -0.15) is 0 Å². The Balaban J connectivity index is 1.63. The number of fused-ring (bicyclic) bond motifs is 3. The van der Waals surface area contributed by atoms with Gasteiger partial charge in [-0.25, -0.2) is 0 Å². The molecule has 0 amide bonds. The molecule has 4 N–H and O–H groups in total. The van der Waals surface area contributed by atoms with Crippen molar-refractivity contribution in [2.45, 2.75) is 73.3 Å². The zero-order valence-corrected chi connectivity index (χ0v) is 27.4. The molecule has 0 aliphatic heterocycles. The second kappa shape index (κ2) is 11.2. The monoisotopic (exact) mass is 630 g/mol. The van der Waals surface area contributed by atoms with Crippen LogP contribution >= 0.6 is 0 Å². The minimum atomic E-state index is -2.66. The van der Waals surface area contributed by atoms with Crippen LogP contribution in [0.2, 0.25) is 0 Å². The number of phenolic OH excluding ortho intramolecular Hbond substituents is 1. The number of aliphatic hydroxyl groups is 3. The lowest BCUT2D eigenvalue weighted by atomic mass is 9.44. The van der Waals surface area contributed by atoms with E-state index in [-0.39, 0.29) is 54.0 Å². The SMILES string of the molecule is CC(=O)C1=C(O)C(C(C)C)[C@@]2(C)C[C@@]3(C)Cc4c(-c5ccc(CC(=O)OCC(C)C)cc5)ccc(O)c4C(=O)C3=C(O)[C@@]2(O)C1=O. The molecule has 0 radical (unpaired) electrons. The van der Waals surface area contributed by atoms with E-state index in [0.29, 0.717) is 17.7 Å². The van der Waals surface area contributed by atoms with Crippen molar-refractivity contribution in [3.05, 3.63) is 75.8 Å². The fourth-order valence-corrected chi connectivity index (χ4v) is 8.28. The highest BCUT2D eigenvalue weighted by molar-refractivity contribution is 6.25. The number of carbonyl (C=O) groups is 4. The number of esters is 1. The molecule has 0 bridgehead atoms. The van der Waals surface area contributed by atoms with E-state index in [9.17, 15) is 39.6 Å². The van der Waals surface area contributed by atoms with Crippen LogP contribution in [0.15, 0.2) is 59.1 Å². The maximum atomic E-state index is 14.3. The molecule has 0 saturated carbocycles. The van der Waals surface area contributed by atoms with Crippen LogP contribution < -0.4 is 0 Å². The molecule has 9 nitrogen and oxygen atoms in total. The Kier molecular flexibility index (Phi) is 8.09. The van der Waals surface area contributed by atoms with E-state index >= 15 is 0 Å². The summed E-state index contributed by atoms with van der Waals surface area (Å²) in [6.07, 6.45) is 0.279. The molecule has 4 atom stereocenters. The van der Waals surface area contributed by atoms with E-state index in [1.165, 1.54) is 6.07 Å². The number of phenols is 1. The van der Waals surface area contributed by atoms with Crippen molar-refractivity contribution in [1.82, 2.24) is 0 Å². The number of aliphatic hydroxyl groups excluding tert-OH is 2. The van der Waals surface area contributed by atoms with Crippen molar-refractivity contribution in [2.24, 2.45) is 28.6 Å². The summed E-state index contributed by atoms with van der Waals surface area (Å²) in [6, 6.07) is 10.4. The number of hydrogen-bond donors (Lipinski definition) is 4. The van der Waals surface area contributed by atoms with E-state index in [4.69, 9.17) is 4.74 Å². The summed E-state index contributed by atoms with van der Waals surface area (Å²) < 4.78 is 5.29. The van der Waals surface area contributed by atoms with Gasteiger partial charge in [-0.05, 0) is 59.9 Å². The normalized spacial score (nSPS) is 27.5. The first-order chi connectivity index (χ1) is 21.4. The van der Waals surface area contributed by atoms with Crippen molar-refractivity contribution in [3.63, 3.8) is 0 Å². The Morgan fingerprint density at radius 3 is 2.17 bits per heavy atom. The molecule has 0 aromatic heterocycles. The van der Waals surface area contributed by atoms with Crippen molar-refractivity contribution >= 4 is 23.3 Å². The smallest absolute Gasteiger partial charge is 0.310 e. The molecule has 0 saturated heterocycles.